The van der Waals surface area contributed by atoms with Gasteiger partial charge < -0.3 is 32.2 Å². The van der Waals surface area contributed by atoms with E-state index in [1.807, 2.05) is 0 Å². The first-order chi connectivity index (χ1) is 19.8. The standard InChI is InChI=1S/C34H53N3O5/c1-18(38)42-26-17-33(3)23(28(26)27(31(40)41)21-10-6-9-20(15-21)19-7-4-5-8-19)16-24(35)30-32(2)13-12-25(39)29(36)22(32)11-14-34(30,33)37/h21-26,29-30,39H,4-17,35-37H2,1-3H3,(H,40,41)/b28-27-/t21?,22-,23-,24+,25+,26-,29-,30-,32-,33-,34+/m0/s1. The second kappa shape index (κ2) is 10.7. The third-order valence-electron chi connectivity index (χ3n) is 13.5. The van der Waals surface area contributed by atoms with Crippen LogP contribution in [-0.2, 0) is 14.3 Å². The summed E-state index contributed by atoms with van der Waals surface area (Å²) in [7, 11) is 0. The molecule has 0 amide bonds. The van der Waals surface area contributed by atoms with Crippen LogP contribution in [0.3, 0.4) is 0 Å². The second-order valence-corrected chi connectivity index (χ2v) is 15.4. The molecule has 0 aromatic rings. The van der Waals surface area contributed by atoms with Gasteiger partial charge in [-0.1, -0.05) is 25.0 Å². The van der Waals surface area contributed by atoms with Gasteiger partial charge in [-0.3, -0.25) is 4.79 Å². The Bertz CT molecular complexity index is 1190. The number of nitrogens with two attached hydrogens (primary N) is 3. The molecule has 8 N–H and O–H groups in total. The molecule has 8 nitrogen and oxygen atoms in total. The number of hydrogen-bond donors (Lipinski definition) is 5. The third-order valence-corrected chi connectivity index (χ3v) is 13.5. The van der Waals surface area contributed by atoms with E-state index in [4.69, 9.17) is 21.9 Å². The number of carbonyl (C=O) groups excluding carboxylic acids is 1. The maximum Gasteiger partial charge on any atom is 0.331 e. The molecule has 8 heteroatoms. The highest BCUT2D eigenvalue weighted by Crippen LogP contribution is 2.69. The summed E-state index contributed by atoms with van der Waals surface area (Å²) in [5.41, 5.74) is 24.3. The molecule has 0 heterocycles. The maximum atomic E-state index is 13.3. The van der Waals surface area contributed by atoms with E-state index >= 15 is 0 Å². The summed E-state index contributed by atoms with van der Waals surface area (Å²) in [4.78, 5) is 25.7. The molecule has 6 fully saturated rings. The fraction of sp³-hybridized carbons (Fsp3) is 0.824. The first-order valence-corrected chi connectivity index (χ1v) is 16.6. The van der Waals surface area contributed by atoms with Gasteiger partial charge in [-0.05, 0) is 130 Å². The first-order valence-electron chi connectivity index (χ1n) is 16.6. The van der Waals surface area contributed by atoms with Gasteiger partial charge in [0.05, 0.1) is 6.10 Å². The average Bonchev–Trinajstić information content (AvgIpc) is 3.55. The Balaban J connectivity index is 1.45. The van der Waals surface area contributed by atoms with Crippen molar-refractivity contribution in [3.63, 3.8) is 0 Å². The van der Waals surface area contributed by atoms with Crippen LogP contribution in [0.5, 0.6) is 0 Å². The maximum absolute atomic E-state index is 13.3. The number of carbonyl (C=O) groups is 2. The fourth-order valence-corrected chi connectivity index (χ4v) is 11.6. The Morgan fingerprint density at radius 2 is 1.67 bits per heavy atom. The number of aliphatic hydroxyl groups excluding tert-OH is 1. The van der Waals surface area contributed by atoms with Crippen molar-refractivity contribution in [2.45, 2.75) is 140 Å². The molecular weight excluding hydrogens is 530 g/mol. The number of carboxylic acids is 1. The highest BCUT2D eigenvalue weighted by atomic mass is 16.5. The number of aliphatic carboxylic acids is 1. The van der Waals surface area contributed by atoms with Gasteiger partial charge >= 0.3 is 11.9 Å². The minimum Gasteiger partial charge on any atom is -0.478 e. The van der Waals surface area contributed by atoms with Crippen LogP contribution < -0.4 is 17.2 Å². The molecule has 6 rings (SSSR count). The Morgan fingerprint density at radius 3 is 2.33 bits per heavy atom. The lowest BCUT2D eigenvalue weighted by Crippen LogP contribution is -2.76. The minimum absolute atomic E-state index is 0.0254. The third kappa shape index (κ3) is 4.45. The summed E-state index contributed by atoms with van der Waals surface area (Å²) in [6.07, 6.45) is 11.4. The molecule has 0 radical (unpaired) electrons. The summed E-state index contributed by atoms with van der Waals surface area (Å²) < 4.78 is 6.03. The van der Waals surface area contributed by atoms with Crippen LogP contribution in [0.2, 0.25) is 0 Å². The van der Waals surface area contributed by atoms with Gasteiger partial charge in [-0.25, -0.2) is 4.79 Å². The topological polar surface area (TPSA) is 162 Å². The normalized spacial score (nSPS) is 48.3. The second-order valence-electron chi connectivity index (χ2n) is 15.4. The van der Waals surface area contributed by atoms with Crippen molar-refractivity contribution in [3.05, 3.63) is 22.3 Å². The van der Waals surface area contributed by atoms with Crippen LogP contribution in [0, 0.1) is 34.5 Å². The fourth-order valence-electron chi connectivity index (χ4n) is 11.6. The number of esters is 1. The van der Waals surface area contributed by atoms with Gasteiger partial charge in [0.1, 0.15) is 6.10 Å². The van der Waals surface area contributed by atoms with Crippen LogP contribution >= 0.6 is 0 Å². The Labute approximate surface area is 250 Å². The quantitative estimate of drug-likeness (QED) is 0.186. The highest BCUT2D eigenvalue weighted by molar-refractivity contribution is 5.89. The lowest BCUT2D eigenvalue weighted by molar-refractivity contribution is -0.160. The zero-order valence-electron chi connectivity index (χ0n) is 25.9. The first kappa shape index (κ1) is 30.3. The molecule has 11 atom stereocenters. The number of aliphatic hydroxyl groups is 1. The lowest BCUT2D eigenvalue weighted by atomic mass is 9.39. The van der Waals surface area contributed by atoms with Crippen LogP contribution in [0.1, 0.15) is 111 Å². The van der Waals surface area contributed by atoms with Crippen molar-refractivity contribution in [3.8, 4) is 0 Å². The smallest absolute Gasteiger partial charge is 0.331 e. The molecule has 0 aromatic heterocycles. The monoisotopic (exact) mass is 583 g/mol. The van der Waals surface area contributed by atoms with Gasteiger partial charge in [0, 0.05) is 30.1 Å². The van der Waals surface area contributed by atoms with Crippen LogP contribution in [0.4, 0.5) is 0 Å². The van der Waals surface area contributed by atoms with Crippen molar-refractivity contribution < 1.29 is 24.5 Å². The zero-order chi connectivity index (χ0) is 30.2. The highest BCUT2D eigenvalue weighted by Gasteiger charge is 2.71. The van der Waals surface area contributed by atoms with E-state index in [1.165, 1.54) is 25.3 Å². The van der Waals surface area contributed by atoms with E-state index in [1.54, 1.807) is 5.57 Å². The molecule has 0 saturated heterocycles. The van der Waals surface area contributed by atoms with E-state index in [2.05, 4.69) is 13.8 Å². The molecule has 0 spiro atoms. The van der Waals surface area contributed by atoms with E-state index in [0.29, 0.717) is 31.3 Å². The summed E-state index contributed by atoms with van der Waals surface area (Å²) in [6.45, 7) is 5.91. The summed E-state index contributed by atoms with van der Waals surface area (Å²) in [6, 6.07) is -0.543. The van der Waals surface area contributed by atoms with Gasteiger partial charge in [0.15, 0.2) is 0 Å². The predicted molar refractivity (Wildman–Crippen MR) is 161 cm³/mol. The zero-order valence-corrected chi connectivity index (χ0v) is 25.9. The lowest BCUT2D eigenvalue weighted by Gasteiger charge is -2.68. The van der Waals surface area contributed by atoms with Crippen LogP contribution in [0.25, 0.3) is 0 Å². The van der Waals surface area contributed by atoms with E-state index in [9.17, 15) is 19.8 Å². The van der Waals surface area contributed by atoms with Gasteiger partial charge in [0.25, 0.3) is 0 Å². The van der Waals surface area contributed by atoms with Crippen molar-refractivity contribution in [1.82, 2.24) is 0 Å². The summed E-state index contributed by atoms with van der Waals surface area (Å²) in [5.74, 6) is -1.44. The molecule has 6 aliphatic rings. The minimum atomic E-state index is -0.890. The number of fused-ring (bicyclic) bond motifs is 5. The molecule has 234 valence electrons. The SMILES string of the molecule is CC(=O)O[C@H]1C[C@@]2(C)[C@@H](C[C@@H](N)[C@H]3[C@@]4(C)CC[C@@H](O)[C@@H](N)[C@@H]4CC[C@@]32N)/C1=C(/C(=O)O)C1CCCC(=C2CCCC2)C1. The van der Waals surface area contributed by atoms with Crippen molar-refractivity contribution in [2.75, 3.05) is 0 Å². The van der Waals surface area contributed by atoms with Crippen molar-refractivity contribution in [1.29, 1.82) is 0 Å². The van der Waals surface area contributed by atoms with Crippen molar-refractivity contribution >= 4 is 11.9 Å². The van der Waals surface area contributed by atoms with Gasteiger partial charge in [0.2, 0.25) is 0 Å². The van der Waals surface area contributed by atoms with Crippen LogP contribution in [-0.4, -0.2) is 52.0 Å². The average molecular weight is 584 g/mol. The molecular formula is C34H53N3O5. The number of carboxylic acid groups (broad SMARTS) is 1. The summed E-state index contributed by atoms with van der Waals surface area (Å²) in [5, 5.41) is 21.5. The number of rotatable bonds is 3. The Morgan fingerprint density at radius 1 is 0.976 bits per heavy atom. The molecule has 42 heavy (non-hydrogen) atoms. The summed E-state index contributed by atoms with van der Waals surface area (Å²) >= 11 is 0. The Hall–Kier alpha value is -1.74. The molecule has 6 saturated carbocycles. The largest absolute Gasteiger partial charge is 0.478 e. The number of hydrogen-bond acceptors (Lipinski definition) is 7. The molecule has 6 aliphatic carbocycles. The van der Waals surface area contributed by atoms with E-state index in [-0.39, 0.29) is 41.2 Å². The van der Waals surface area contributed by atoms with Gasteiger partial charge in [-0.15, -0.1) is 0 Å². The Kier molecular flexibility index (Phi) is 7.72. The molecule has 0 bridgehead atoms. The van der Waals surface area contributed by atoms with Crippen LogP contribution in [0.15, 0.2) is 22.3 Å². The predicted octanol–water partition coefficient (Wildman–Crippen LogP) is 4.33. The number of ether oxygens (including phenoxy) is 1. The van der Waals surface area contributed by atoms with E-state index in [0.717, 1.165) is 56.9 Å². The van der Waals surface area contributed by atoms with Crippen molar-refractivity contribution in [2.24, 2.45) is 51.7 Å². The number of allylic oxidation sites excluding steroid dienone is 2. The molecule has 0 aliphatic heterocycles. The van der Waals surface area contributed by atoms with E-state index < -0.39 is 35.1 Å². The van der Waals surface area contributed by atoms with Gasteiger partial charge in [-0.2, -0.15) is 0 Å². The molecule has 0 aromatic carbocycles. The molecule has 1 unspecified atom stereocenters.